The molecule has 8 nitrogen and oxygen atoms in total. The number of aromatic carboxylic acids is 1. The lowest BCUT2D eigenvalue weighted by Gasteiger charge is -2.33. The number of likely N-dealkylation sites (tertiary alicyclic amines) is 1. The second kappa shape index (κ2) is 10.7. The van der Waals surface area contributed by atoms with Crippen molar-refractivity contribution >= 4 is 32.5 Å². The highest BCUT2D eigenvalue weighted by Gasteiger charge is 2.29. The highest BCUT2D eigenvalue weighted by molar-refractivity contribution is 7.89. The number of carboxylic acid groups (broad SMARTS) is 1. The first-order valence-electron chi connectivity index (χ1n) is 12.3. The lowest BCUT2D eigenvalue weighted by molar-refractivity contribution is 0.0702. The van der Waals surface area contributed by atoms with Crippen LogP contribution in [-0.4, -0.2) is 73.0 Å². The highest BCUT2D eigenvalue weighted by Crippen LogP contribution is 2.27. The lowest BCUT2D eigenvalue weighted by atomic mass is 10.0. The fourth-order valence-electron chi connectivity index (χ4n) is 4.82. The normalized spacial score (nSPS) is 17.8. The van der Waals surface area contributed by atoms with Crippen molar-refractivity contribution in [1.29, 1.82) is 0 Å². The molecule has 0 atom stereocenters. The number of aromatic nitrogens is 1. The number of hydrogen-bond acceptors (Lipinski definition) is 7. The first-order valence-corrected chi connectivity index (χ1v) is 14.5. The Morgan fingerprint density at radius 3 is 2.31 bits per heavy atom. The zero-order chi connectivity index (χ0) is 25.1. The van der Waals surface area contributed by atoms with Crippen molar-refractivity contribution < 1.29 is 18.3 Å². The van der Waals surface area contributed by atoms with Crippen LogP contribution in [0, 0.1) is 0 Å². The molecule has 0 bridgehead atoms. The molecular formula is C26H30N4O4S2. The number of carboxylic acids is 1. The Morgan fingerprint density at radius 2 is 1.64 bits per heavy atom. The second-order valence-electron chi connectivity index (χ2n) is 9.26. The molecule has 2 fully saturated rings. The minimum atomic E-state index is -3.61. The third-order valence-electron chi connectivity index (χ3n) is 6.82. The number of hydrogen-bond donors (Lipinski definition) is 1. The van der Waals surface area contributed by atoms with Crippen LogP contribution >= 0.6 is 11.3 Å². The summed E-state index contributed by atoms with van der Waals surface area (Å²) < 4.78 is 28.0. The Kier molecular flexibility index (Phi) is 7.38. The van der Waals surface area contributed by atoms with E-state index in [1.807, 2.05) is 17.0 Å². The van der Waals surface area contributed by atoms with Gasteiger partial charge in [0.25, 0.3) is 0 Å². The van der Waals surface area contributed by atoms with Gasteiger partial charge in [0.05, 0.1) is 11.1 Å². The van der Waals surface area contributed by atoms with Gasteiger partial charge < -0.3 is 10.0 Å². The van der Waals surface area contributed by atoms with E-state index in [0.29, 0.717) is 31.3 Å². The molecule has 3 aromatic rings. The number of anilines is 1. The Morgan fingerprint density at radius 1 is 0.917 bits per heavy atom. The molecule has 3 heterocycles. The molecule has 0 spiro atoms. The molecule has 0 radical (unpaired) electrons. The molecular weight excluding hydrogens is 496 g/mol. The zero-order valence-corrected chi connectivity index (χ0v) is 21.7. The number of piperidine rings is 1. The van der Waals surface area contributed by atoms with Crippen molar-refractivity contribution in [3.8, 4) is 11.1 Å². The van der Waals surface area contributed by atoms with Crippen LogP contribution in [0.4, 0.5) is 5.13 Å². The number of carbonyl (C=O) groups is 1. The lowest BCUT2D eigenvalue weighted by Crippen LogP contribution is -2.48. The average Bonchev–Trinajstić information content (AvgIpc) is 3.41. The molecule has 36 heavy (non-hydrogen) atoms. The van der Waals surface area contributed by atoms with Crippen molar-refractivity contribution in [2.24, 2.45) is 0 Å². The van der Waals surface area contributed by atoms with Crippen molar-refractivity contribution in [3.05, 3.63) is 65.2 Å². The molecule has 2 aromatic carbocycles. The van der Waals surface area contributed by atoms with Crippen LogP contribution in [-0.2, 0) is 16.6 Å². The van der Waals surface area contributed by atoms with Crippen LogP contribution < -0.4 is 4.90 Å². The summed E-state index contributed by atoms with van der Waals surface area (Å²) >= 11 is 1.11. The summed E-state index contributed by atoms with van der Waals surface area (Å²) in [6.45, 7) is 4.83. The van der Waals surface area contributed by atoms with Crippen LogP contribution in [0.5, 0.6) is 0 Å². The van der Waals surface area contributed by atoms with E-state index in [9.17, 15) is 13.2 Å². The highest BCUT2D eigenvalue weighted by atomic mass is 32.2. The van der Waals surface area contributed by atoms with Gasteiger partial charge in [-0.2, -0.15) is 4.31 Å². The molecule has 1 aromatic heterocycles. The number of piperazine rings is 1. The number of rotatable bonds is 7. The molecule has 10 heteroatoms. The summed E-state index contributed by atoms with van der Waals surface area (Å²) in [5.74, 6) is -1.00. The Bertz CT molecular complexity index is 1310. The van der Waals surface area contributed by atoms with Gasteiger partial charge in [0.15, 0.2) is 5.13 Å². The van der Waals surface area contributed by atoms with Gasteiger partial charge in [-0.15, -0.1) is 0 Å². The standard InChI is InChI=1S/C26H30N4O4S2/c31-25(32)24-18-27-26(35-24)29-13-15-30(16-14-29)36(33,34)23-9-7-21(8-10-23)22-6-4-5-20(17-22)19-28-11-2-1-3-12-28/h4-10,17-18H,1-3,11-16,19H2,(H,31,32). The Hall–Kier alpha value is -2.79. The van der Waals surface area contributed by atoms with Gasteiger partial charge >= 0.3 is 5.97 Å². The molecule has 2 aliphatic heterocycles. The van der Waals surface area contributed by atoms with Crippen LogP contribution in [0.2, 0.25) is 0 Å². The maximum Gasteiger partial charge on any atom is 0.347 e. The summed E-state index contributed by atoms with van der Waals surface area (Å²) in [7, 11) is -3.61. The van der Waals surface area contributed by atoms with E-state index in [0.717, 1.165) is 42.1 Å². The van der Waals surface area contributed by atoms with E-state index in [1.54, 1.807) is 12.1 Å². The SMILES string of the molecule is O=C(O)c1cnc(N2CCN(S(=O)(=O)c3ccc(-c4cccc(CN5CCCCC5)c4)cc3)CC2)s1. The van der Waals surface area contributed by atoms with Gasteiger partial charge in [-0.05, 0) is 60.8 Å². The summed E-state index contributed by atoms with van der Waals surface area (Å²) in [5, 5.41) is 9.71. The minimum absolute atomic E-state index is 0.178. The number of benzene rings is 2. The van der Waals surface area contributed by atoms with Gasteiger partial charge in [0, 0.05) is 32.7 Å². The van der Waals surface area contributed by atoms with Crippen LogP contribution in [0.25, 0.3) is 11.1 Å². The van der Waals surface area contributed by atoms with Gasteiger partial charge in [0.1, 0.15) is 4.88 Å². The van der Waals surface area contributed by atoms with E-state index in [4.69, 9.17) is 5.11 Å². The maximum absolute atomic E-state index is 13.3. The third kappa shape index (κ3) is 5.46. The van der Waals surface area contributed by atoms with Gasteiger partial charge in [0.2, 0.25) is 10.0 Å². The number of nitrogens with zero attached hydrogens (tertiary/aromatic N) is 4. The monoisotopic (exact) mass is 526 g/mol. The van der Waals surface area contributed by atoms with E-state index in [-0.39, 0.29) is 9.77 Å². The molecule has 5 rings (SSSR count). The summed E-state index contributed by atoms with van der Waals surface area (Å²) in [6, 6.07) is 15.6. The quantitative estimate of drug-likeness (QED) is 0.497. The van der Waals surface area contributed by atoms with E-state index in [1.165, 1.54) is 35.3 Å². The van der Waals surface area contributed by atoms with Gasteiger partial charge in [-0.25, -0.2) is 18.2 Å². The molecule has 1 N–H and O–H groups in total. The van der Waals surface area contributed by atoms with Crippen molar-refractivity contribution in [2.45, 2.75) is 30.7 Å². The third-order valence-corrected chi connectivity index (χ3v) is 9.78. The van der Waals surface area contributed by atoms with Gasteiger partial charge in [-0.3, -0.25) is 4.90 Å². The first kappa shape index (κ1) is 24.9. The Labute approximate surface area is 215 Å². The largest absolute Gasteiger partial charge is 0.477 e. The molecule has 0 saturated carbocycles. The molecule has 0 amide bonds. The molecule has 2 saturated heterocycles. The summed E-state index contributed by atoms with van der Waals surface area (Å²) in [4.78, 5) is 20.2. The molecule has 0 aliphatic carbocycles. The molecule has 0 unspecified atom stereocenters. The fraction of sp³-hybridized carbons (Fsp3) is 0.385. The van der Waals surface area contributed by atoms with E-state index >= 15 is 0 Å². The molecule has 190 valence electrons. The van der Waals surface area contributed by atoms with Crippen LogP contribution in [0.3, 0.4) is 0 Å². The zero-order valence-electron chi connectivity index (χ0n) is 20.0. The average molecular weight is 527 g/mol. The Balaban J connectivity index is 1.23. The van der Waals surface area contributed by atoms with Crippen molar-refractivity contribution in [3.63, 3.8) is 0 Å². The maximum atomic E-state index is 13.3. The predicted molar refractivity (Wildman–Crippen MR) is 141 cm³/mol. The summed E-state index contributed by atoms with van der Waals surface area (Å²) in [6.07, 6.45) is 5.19. The van der Waals surface area contributed by atoms with E-state index in [2.05, 4.69) is 34.1 Å². The van der Waals surface area contributed by atoms with Crippen LogP contribution in [0.1, 0.15) is 34.5 Å². The first-order chi connectivity index (χ1) is 17.4. The smallest absolute Gasteiger partial charge is 0.347 e. The predicted octanol–water partition coefficient (Wildman–Crippen LogP) is 4.01. The van der Waals surface area contributed by atoms with E-state index < -0.39 is 16.0 Å². The number of thiazole rings is 1. The summed E-state index contributed by atoms with van der Waals surface area (Å²) in [5.41, 5.74) is 3.36. The minimum Gasteiger partial charge on any atom is -0.477 e. The molecule has 2 aliphatic rings. The number of sulfonamides is 1. The topological polar surface area (TPSA) is 94.0 Å². The van der Waals surface area contributed by atoms with Crippen molar-refractivity contribution in [1.82, 2.24) is 14.2 Å². The van der Waals surface area contributed by atoms with Crippen LogP contribution in [0.15, 0.2) is 59.6 Å². The van der Waals surface area contributed by atoms with Gasteiger partial charge in [-0.1, -0.05) is 48.1 Å². The van der Waals surface area contributed by atoms with Crippen molar-refractivity contribution in [2.75, 3.05) is 44.2 Å². The second-order valence-corrected chi connectivity index (χ2v) is 12.2. The fourth-order valence-corrected chi connectivity index (χ4v) is 7.05.